The number of hydrogen-bond acceptors (Lipinski definition) is 0. The van der Waals surface area contributed by atoms with Gasteiger partial charge < -0.3 is 0 Å². The Hall–Kier alpha value is 0. The second-order valence-electron chi connectivity index (χ2n) is 5.86. The summed E-state index contributed by atoms with van der Waals surface area (Å²) < 4.78 is 0. The van der Waals surface area contributed by atoms with E-state index in [1.807, 2.05) is 0 Å². The summed E-state index contributed by atoms with van der Waals surface area (Å²) in [6, 6.07) is 0. The van der Waals surface area contributed by atoms with Crippen molar-refractivity contribution in [2.75, 3.05) is 0 Å². The third-order valence-electron chi connectivity index (χ3n) is 5.25. The van der Waals surface area contributed by atoms with Crippen LogP contribution in [0.4, 0.5) is 0 Å². The van der Waals surface area contributed by atoms with Crippen LogP contribution in [0.1, 0.15) is 65.7 Å². The molecule has 0 aliphatic heterocycles. The average Bonchev–Trinajstić information content (AvgIpc) is 2.88. The fourth-order valence-corrected chi connectivity index (χ4v) is 3.91. The molecule has 0 N–H and O–H groups in total. The fraction of sp³-hybridized carbons (Fsp3) is 1.00. The van der Waals surface area contributed by atoms with E-state index in [9.17, 15) is 0 Å². The molecule has 2 aliphatic rings. The van der Waals surface area contributed by atoms with Crippen molar-refractivity contribution >= 4 is 0 Å². The largest absolute Gasteiger partial charge is 0.0654 e. The van der Waals surface area contributed by atoms with Crippen LogP contribution in [-0.2, 0) is 0 Å². The summed E-state index contributed by atoms with van der Waals surface area (Å²) >= 11 is 0. The van der Waals surface area contributed by atoms with Crippen LogP contribution in [0.15, 0.2) is 0 Å². The molecule has 0 heteroatoms. The molecule has 2 saturated carbocycles. The van der Waals surface area contributed by atoms with Gasteiger partial charge in [0, 0.05) is 0 Å². The minimum absolute atomic E-state index is 0.867. The van der Waals surface area contributed by atoms with E-state index in [2.05, 4.69) is 20.8 Å². The molecule has 82 valence electrons. The summed E-state index contributed by atoms with van der Waals surface area (Å²) in [5, 5.41) is 0. The molecule has 0 amide bonds. The van der Waals surface area contributed by atoms with E-state index < -0.39 is 0 Å². The first kappa shape index (κ1) is 10.5. The molecule has 0 aromatic carbocycles. The first-order valence-electron chi connectivity index (χ1n) is 6.72. The lowest BCUT2D eigenvalue weighted by molar-refractivity contribution is 0.0774. The topological polar surface area (TPSA) is 0 Å². The van der Waals surface area contributed by atoms with Crippen molar-refractivity contribution in [2.45, 2.75) is 65.7 Å². The minimum atomic E-state index is 0.867. The molecule has 2 rings (SSSR count). The molecular formula is C14H26. The lowest BCUT2D eigenvalue weighted by atomic mass is 9.64. The van der Waals surface area contributed by atoms with Gasteiger partial charge in [0.15, 0.2) is 0 Å². The van der Waals surface area contributed by atoms with Crippen LogP contribution < -0.4 is 0 Å². The van der Waals surface area contributed by atoms with Crippen LogP contribution in [-0.4, -0.2) is 0 Å². The van der Waals surface area contributed by atoms with E-state index in [0.29, 0.717) is 0 Å². The van der Waals surface area contributed by atoms with Crippen LogP contribution in [0.25, 0.3) is 0 Å². The average molecular weight is 194 g/mol. The van der Waals surface area contributed by atoms with Crippen molar-refractivity contribution in [3.05, 3.63) is 0 Å². The van der Waals surface area contributed by atoms with Gasteiger partial charge in [0.2, 0.25) is 0 Å². The van der Waals surface area contributed by atoms with Gasteiger partial charge in [-0.25, -0.2) is 0 Å². The highest BCUT2D eigenvalue weighted by molar-refractivity contribution is 5.17. The molecule has 2 fully saturated rings. The molecule has 4 atom stereocenters. The fourth-order valence-electron chi connectivity index (χ4n) is 3.91. The maximum atomic E-state index is 2.49. The van der Waals surface area contributed by atoms with Crippen LogP contribution in [0.5, 0.6) is 0 Å². The van der Waals surface area contributed by atoms with Gasteiger partial charge in [-0.15, -0.1) is 0 Å². The highest BCUT2D eigenvalue weighted by atomic mass is 14.7. The van der Waals surface area contributed by atoms with Gasteiger partial charge in [-0.3, -0.25) is 0 Å². The lowest BCUT2D eigenvalue weighted by Crippen LogP contribution is -2.34. The van der Waals surface area contributed by atoms with Crippen molar-refractivity contribution in [3.63, 3.8) is 0 Å². The van der Waals surface area contributed by atoms with E-state index >= 15 is 0 Å². The zero-order chi connectivity index (χ0) is 10.2. The quantitative estimate of drug-likeness (QED) is 0.540. The monoisotopic (exact) mass is 194 g/mol. The highest BCUT2D eigenvalue weighted by Crippen LogP contribution is 2.75. The van der Waals surface area contributed by atoms with E-state index in [1.165, 1.54) is 32.1 Å². The third kappa shape index (κ3) is 1.51. The Labute approximate surface area is 89.5 Å². The zero-order valence-electron chi connectivity index (χ0n) is 10.2. The van der Waals surface area contributed by atoms with Gasteiger partial charge in [-0.05, 0) is 36.0 Å². The van der Waals surface area contributed by atoms with Crippen molar-refractivity contribution in [3.8, 4) is 0 Å². The van der Waals surface area contributed by atoms with Gasteiger partial charge in [-0.2, -0.15) is 0 Å². The van der Waals surface area contributed by atoms with E-state index in [4.69, 9.17) is 0 Å². The number of fused-ring (bicyclic) bond motifs is 1. The molecule has 0 radical (unpaired) electrons. The summed E-state index contributed by atoms with van der Waals surface area (Å²) in [4.78, 5) is 0. The molecule has 14 heavy (non-hydrogen) atoms. The second-order valence-corrected chi connectivity index (χ2v) is 5.86. The Morgan fingerprint density at radius 1 is 1.07 bits per heavy atom. The lowest BCUT2D eigenvalue weighted by Gasteiger charge is -2.40. The van der Waals surface area contributed by atoms with Crippen LogP contribution >= 0.6 is 0 Å². The Kier molecular flexibility index (Phi) is 2.91. The molecule has 2 aliphatic carbocycles. The molecule has 0 saturated heterocycles. The predicted octanol–water partition coefficient (Wildman–Crippen LogP) is 4.64. The predicted molar refractivity (Wildman–Crippen MR) is 62.2 cm³/mol. The molecule has 0 nitrogen and oxygen atoms in total. The van der Waals surface area contributed by atoms with Crippen molar-refractivity contribution in [1.29, 1.82) is 0 Å². The molecule has 0 spiro atoms. The third-order valence-corrected chi connectivity index (χ3v) is 5.25. The first-order chi connectivity index (χ1) is 6.72. The molecule has 0 aromatic heterocycles. The summed E-state index contributed by atoms with van der Waals surface area (Å²) in [6.45, 7) is 7.24. The Morgan fingerprint density at radius 3 is 2.36 bits per heavy atom. The van der Waals surface area contributed by atoms with E-state index in [0.717, 1.165) is 23.2 Å². The normalized spacial score (nSPS) is 44.4. The number of unbranched alkanes of at least 4 members (excludes halogenated alkanes) is 4. The molecule has 4 unspecified atom stereocenters. The SMILES string of the molecule is CCCCCCCC12CC1C(C)C2C. The second kappa shape index (κ2) is 3.87. The van der Waals surface area contributed by atoms with Gasteiger partial charge >= 0.3 is 0 Å². The van der Waals surface area contributed by atoms with Crippen LogP contribution in [0.3, 0.4) is 0 Å². The maximum absolute atomic E-state index is 2.49. The van der Waals surface area contributed by atoms with E-state index in [-0.39, 0.29) is 0 Å². The van der Waals surface area contributed by atoms with Gasteiger partial charge in [0.05, 0.1) is 0 Å². The molecule has 0 heterocycles. The number of hydrogen-bond donors (Lipinski definition) is 0. The first-order valence-corrected chi connectivity index (χ1v) is 6.72. The van der Waals surface area contributed by atoms with E-state index in [1.54, 1.807) is 12.8 Å². The Bertz CT molecular complexity index is 196. The maximum Gasteiger partial charge on any atom is -0.0235 e. The summed E-state index contributed by atoms with van der Waals surface area (Å²) in [5.74, 6) is 3.23. The Balaban J connectivity index is 1.59. The van der Waals surface area contributed by atoms with Crippen LogP contribution in [0, 0.1) is 23.2 Å². The molecule has 0 aromatic rings. The van der Waals surface area contributed by atoms with Crippen molar-refractivity contribution < 1.29 is 0 Å². The molecular weight excluding hydrogens is 168 g/mol. The van der Waals surface area contributed by atoms with Crippen molar-refractivity contribution in [1.82, 2.24) is 0 Å². The minimum Gasteiger partial charge on any atom is -0.0654 e. The summed E-state index contributed by atoms with van der Waals surface area (Å²) in [7, 11) is 0. The van der Waals surface area contributed by atoms with Gasteiger partial charge in [-0.1, -0.05) is 52.9 Å². The van der Waals surface area contributed by atoms with Gasteiger partial charge in [0.1, 0.15) is 0 Å². The smallest absolute Gasteiger partial charge is 0.0235 e. The zero-order valence-corrected chi connectivity index (χ0v) is 10.2. The summed E-state index contributed by atoms with van der Waals surface area (Å²) in [5.41, 5.74) is 0.867. The summed E-state index contributed by atoms with van der Waals surface area (Å²) in [6.07, 6.45) is 10.4. The number of rotatable bonds is 6. The molecule has 0 bridgehead atoms. The van der Waals surface area contributed by atoms with Crippen molar-refractivity contribution in [2.24, 2.45) is 23.2 Å². The van der Waals surface area contributed by atoms with Gasteiger partial charge in [0.25, 0.3) is 0 Å². The van der Waals surface area contributed by atoms with Crippen LogP contribution in [0.2, 0.25) is 0 Å². The standard InChI is InChI=1S/C14H26/c1-4-5-6-7-8-9-14-10-13(14)11(2)12(14)3/h11-13H,4-10H2,1-3H3. The Morgan fingerprint density at radius 2 is 1.79 bits per heavy atom. The highest BCUT2D eigenvalue weighted by Gasteiger charge is 2.68.